The van der Waals surface area contributed by atoms with Crippen molar-refractivity contribution in [3.05, 3.63) is 35.4 Å². The second kappa shape index (κ2) is 5.53. The molecule has 1 aliphatic carbocycles. The van der Waals surface area contributed by atoms with Gasteiger partial charge in [-0.3, -0.25) is 9.59 Å². The van der Waals surface area contributed by atoms with Crippen LogP contribution < -0.4 is 5.32 Å². The fraction of sp³-hybridized carbons (Fsp3) is 0.467. The fourth-order valence-electron chi connectivity index (χ4n) is 2.35. The first-order valence-corrected chi connectivity index (χ1v) is 6.51. The standard InChI is InChI=1S/C15H19NO3/c1-11(17)12-6-3-4-7-13(12)14(18)16-10-15(19-2)8-5-9-15/h3-4,6-7H,5,8-10H2,1-2H3,(H,16,18). The molecule has 0 unspecified atom stereocenters. The number of hydrogen-bond acceptors (Lipinski definition) is 3. The molecule has 4 nitrogen and oxygen atoms in total. The second-order valence-electron chi connectivity index (χ2n) is 5.03. The van der Waals surface area contributed by atoms with Crippen molar-refractivity contribution >= 4 is 11.7 Å². The van der Waals surface area contributed by atoms with Crippen molar-refractivity contribution in [1.29, 1.82) is 0 Å². The number of amides is 1. The molecule has 19 heavy (non-hydrogen) atoms. The fourth-order valence-corrected chi connectivity index (χ4v) is 2.35. The molecule has 1 aromatic carbocycles. The van der Waals surface area contributed by atoms with Gasteiger partial charge in [-0.2, -0.15) is 0 Å². The third kappa shape index (κ3) is 2.84. The summed E-state index contributed by atoms with van der Waals surface area (Å²) in [6, 6.07) is 6.87. The van der Waals surface area contributed by atoms with Gasteiger partial charge in [-0.25, -0.2) is 0 Å². The zero-order chi connectivity index (χ0) is 13.9. The lowest BCUT2D eigenvalue weighted by molar-refractivity contribution is -0.0679. The van der Waals surface area contributed by atoms with Gasteiger partial charge in [0.25, 0.3) is 5.91 Å². The van der Waals surface area contributed by atoms with Crippen molar-refractivity contribution in [2.45, 2.75) is 31.8 Å². The van der Waals surface area contributed by atoms with Crippen molar-refractivity contribution in [2.24, 2.45) is 0 Å². The zero-order valence-corrected chi connectivity index (χ0v) is 11.4. The van der Waals surface area contributed by atoms with Crippen molar-refractivity contribution < 1.29 is 14.3 Å². The molecule has 102 valence electrons. The van der Waals surface area contributed by atoms with E-state index >= 15 is 0 Å². The van der Waals surface area contributed by atoms with E-state index < -0.39 is 0 Å². The van der Waals surface area contributed by atoms with E-state index in [1.165, 1.54) is 6.92 Å². The summed E-state index contributed by atoms with van der Waals surface area (Å²) in [6.45, 7) is 1.96. The molecule has 1 amide bonds. The van der Waals surface area contributed by atoms with E-state index in [9.17, 15) is 9.59 Å². The van der Waals surface area contributed by atoms with Crippen LogP contribution in [0, 0.1) is 0 Å². The Balaban J connectivity index is 2.06. The molecule has 1 saturated carbocycles. The highest BCUT2D eigenvalue weighted by molar-refractivity contribution is 6.07. The molecular formula is C15H19NO3. The Labute approximate surface area is 113 Å². The van der Waals surface area contributed by atoms with E-state index in [4.69, 9.17) is 4.74 Å². The number of rotatable bonds is 5. The number of carbonyl (C=O) groups is 2. The smallest absolute Gasteiger partial charge is 0.252 e. The Morgan fingerprint density at radius 2 is 1.89 bits per heavy atom. The minimum atomic E-state index is -0.214. The lowest BCUT2D eigenvalue weighted by atomic mass is 9.80. The minimum absolute atomic E-state index is 0.101. The first-order chi connectivity index (χ1) is 9.08. The van der Waals surface area contributed by atoms with Gasteiger partial charge in [0.05, 0.1) is 11.2 Å². The molecule has 0 aliphatic heterocycles. The summed E-state index contributed by atoms with van der Waals surface area (Å²) in [4.78, 5) is 23.6. The molecule has 1 aromatic rings. The molecular weight excluding hydrogens is 242 g/mol. The molecule has 0 aromatic heterocycles. The van der Waals surface area contributed by atoms with Gasteiger partial charge in [0, 0.05) is 19.2 Å². The summed E-state index contributed by atoms with van der Waals surface area (Å²) < 4.78 is 5.46. The number of ether oxygens (including phenoxy) is 1. The summed E-state index contributed by atoms with van der Waals surface area (Å²) in [5.41, 5.74) is 0.682. The van der Waals surface area contributed by atoms with Crippen LogP contribution in [0.15, 0.2) is 24.3 Å². The average Bonchev–Trinajstić information content (AvgIpc) is 2.37. The normalized spacial score (nSPS) is 16.5. The Bertz CT molecular complexity index is 486. The van der Waals surface area contributed by atoms with Crippen LogP contribution in [0.3, 0.4) is 0 Å². The average molecular weight is 261 g/mol. The summed E-state index contributed by atoms with van der Waals surface area (Å²) in [5.74, 6) is -0.315. The second-order valence-corrected chi connectivity index (χ2v) is 5.03. The molecule has 0 atom stereocenters. The van der Waals surface area contributed by atoms with E-state index in [-0.39, 0.29) is 17.3 Å². The first-order valence-electron chi connectivity index (χ1n) is 6.51. The molecule has 1 N–H and O–H groups in total. The van der Waals surface area contributed by atoms with Crippen LogP contribution in [0.25, 0.3) is 0 Å². The maximum absolute atomic E-state index is 12.2. The van der Waals surface area contributed by atoms with E-state index in [0.29, 0.717) is 17.7 Å². The molecule has 0 bridgehead atoms. The summed E-state index contributed by atoms with van der Waals surface area (Å²) in [6.07, 6.45) is 3.07. The van der Waals surface area contributed by atoms with Gasteiger partial charge in [-0.15, -0.1) is 0 Å². The molecule has 0 spiro atoms. The highest BCUT2D eigenvalue weighted by Crippen LogP contribution is 2.34. The summed E-state index contributed by atoms with van der Waals surface area (Å²) in [5, 5.41) is 2.87. The van der Waals surface area contributed by atoms with Crippen LogP contribution >= 0.6 is 0 Å². The van der Waals surface area contributed by atoms with Gasteiger partial charge in [0.1, 0.15) is 0 Å². The minimum Gasteiger partial charge on any atom is -0.376 e. The predicted molar refractivity (Wildman–Crippen MR) is 72.4 cm³/mol. The van der Waals surface area contributed by atoms with Crippen LogP contribution in [0.4, 0.5) is 0 Å². The summed E-state index contributed by atoms with van der Waals surface area (Å²) in [7, 11) is 1.68. The lowest BCUT2D eigenvalue weighted by Gasteiger charge is -2.40. The highest BCUT2D eigenvalue weighted by Gasteiger charge is 2.37. The Hall–Kier alpha value is -1.68. The monoisotopic (exact) mass is 261 g/mol. The zero-order valence-electron chi connectivity index (χ0n) is 11.4. The lowest BCUT2D eigenvalue weighted by Crippen LogP contribution is -2.49. The number of nitrogens with one attached hydrogen (secondary N) is 1. The van der Waals surface area contributed by atoms with Gasteiger partial charge in [-0.05, 0) is 32.3 Å². The quantitative estimate of drug-likeness (QED) is 0.827. The number of hydrogen-bond donors (Lipinski definition) is 1. The number of Topliss-reactive ketones (excluding diaryl/α,β-unsaturated/α-hetero) is 1. The molecule has 1 aliphatic rings. The molecule has 4 heteroatoms. The summed E-state index contributed by atoms with van der Waals surface area (Å²) >= 11 is 0. The largest absolute Gasteiger partial charge is 0.376 e. The Morgan fingerprint density at radius 1 is 1.26 bits per heavy atom. The van der Waals surface area contributed by atoms with E-state index in [1.807, 2.05) is 0 Å². The number of methoxy groups -OCH3 is 1. The Kier molecular flexibility index (Phi) is 4.00. The third-order valence-electron chi connectivity index (χ3n) is 3.82. The maximum atomic E-state index is 12.2. The van der Waals surface area contributed by atoms with E-state index in [1.54, 1.807) is 31.4 Å². The molecule has 0 heterocycles. The van der Waals surface area contributed by atoms with E-state index in [0.717, 1.165) is 19.3 Å². The first kappa shape index (κ1) is 13.7. The Morgan fingerprint density at radius 3 is 2.37 bits per heavy atom. The topological polar surface area (TPSA) is 55.4 Å². The van der Waals surface area contributed by atoms with Crippen LogP contribution in [0.2, 0.25) is 0 Å². The molecule has 1 fully saturated rings. The molecule has 0 radical (unpaired) electrons. The van der Waals surface area contributed by atoms with Crippen LogP contribution in [0.1, 0.15) is 46.9 Å². The maximum Gasteiger partial charge on any atom is 0.252 e. The van der Waals surface area contributed by atoms with Crippen LogP contribution in [-0.2, 0) is 4.74 Å². The predicted octanol–water partition coefficient (Wildman–Crippen LogP) is 2.19. The van der Waals surface area contributed by atoms with Gasteiger partial charge in [0.2, 0.25) is 0 Å². The van der Waals surface area contributed by atoms with E-state index in [2.05, 4.69) is 5.32 Å². The SMILES string of the molecule is COC1(CNC(=O)c2ccccc2C(C)=O)CCC1. The van der Waals surface area contributed by atoms with Gasteiger partial charge < -0.3 is 10.1 Å². The molecule has 0 saturated heterocycles. The molecule has 2 rings (SSSR count). The number of ketones is 1. The number of benzene rings is 1. The van der Waals surface area contributed by atoms with Crippen molar-refractivity contribution in [3.63, 3.8) is 0 Å². The highest BCUT2D eigenvalue weighted by atomic mass is 16.5. The third-order valence-corrected chi connectivity index (χ3v) is 3.82. The van der Waals surface area contributed by atoms with Gasteiger partial charge in [-0.1, -0.05) is 18.2 Å². The number of carbonyl (C=O) groups excluding carboxylic acids is 2. The van der Waals surface area contributed by atoms with Crippen molar-refractivity contribution in [1.82, 2.24) is 5.32 Å². The van der Waals surface area contributed by atoms with Gasteiger partial charge >= 0.3 is 0 Å². The van der Waals surface area contributed by atoms with Crippen molar-refractivity contribution in [3.8, 4) is 0 Å². The van der Waals surface area contributed by atoms with Crippen LogP contribution in [0.5, 0.6) is 0 Å². The van der Waals surface area contributed by atoms with Crippen molar-refractivity contribution in [2.75, 3.05) is 13.7 Å². The van der Waals surface area contributed by atoms with Gasteiger partial charge in [0.15, 0.2) is 5.78 Å². The van der Waals surface area contributed by atoms with Crippen LogP contribution in [-0.4, -0.2) is 30.9 Å².